The molecule has 0 unspecified atom stereocenters. The molecule has 0 saturated carbocycles. The van der Waals surface area contributed by atoms with Crippen LogP contribution in [0, 0.1) is 0 Å². The highest BCUT2D eigenvalue weighted by Gasteiger charge is 2.26. The minimum Gasteiger partial charge on any atom is -0.480 e. The van der Waals surface area contributed by atoms with E-state index in [2.05, 4.69) is 9.97 Å². The van der Waals surface area contributed by atoms with Crippen LogP contribution >= 0.6 is 0 Å². The van der Waals surface area contributed by atoms with E-state index >= 15 is 0 Å². The van der Waals surface area contributed by atoms with Gasteiger partial charge in [-0.2, -0.15) is 0 Å². The van der Waals surface area contributed by atoms with Crippen LogP contribution in [0.2, 0.25) is 0 Å². The summed E-state index contributed by atoms with van der Waals surface area (Å²) in [5, 5.41) is 8.84. The van der Waals surface area contributed by atoms with Gasteiger partial charge in [0, 0.05) is 6.26 Å². The molecule has 0 spiro atoms. The van der Waals surface area contributed by atoms with E-state index in [1.165, 1.54) is 26.4 Å². The van der Waals surface area contributed by atoms with Crippen LogP contribution in [0.25, 0.3) is 0 Å². The number of rotatable bonds is 4. The summed E-state index contributed by atoms with van der Waals surface area (Å²) in [4.78, 5) is 7.73. The number of hydrogen-bond acceptors (Lipinski definition) is 6. The maximum atomic E-state index is 11.2. The summed E-state index contributed by atoms with van der Waals surface area (Å²) in [5.74, 6) is 0.308. The summed E-state index contributed by atoms with van der Waals surface area (Å²) in [7, 11) is -1.87. The van der Waals surface area contributed by atoms with Crippen molar-refractivity contribution in [1.82, 2.24) is 9.97 Å². The van der Waals surface area contributed by atoms with E-state index in [9.17, 15) is 13.5 Å². The fourth-order valence-electron chi connectivity index (χ4n) is 1.06. The van der Waals surface area contributed by atoms with Gasteiger partial charge in [0.05, 0.1) is 30.4 Å². The van der Waals surface area contributed by atoms with Crippen LogP contribution < -0.4 is 4.74 Å². The zero-order chi connectivity index (χ0) is 12.3. The van der Waals surface area contributed by atoms with E-state index in [4.69, 9.17) is 4.74 Å². The Morgan fingerprint density at radius 1 is 1.38 bits per heavy atom. The molecular formula is C9H14N2O4S. The Kier molecular flexibility index (Phi) is 3.82. The number of aromatic nitrogens is 2. The average Bonchev–Trinajstić information content (AvgIpc) is 2.26. The molecule has 0 aliphatic carbocycles. The Labute approximate surface area is 94.2 Å². The van der Waals surface area contributed by atoms with E-state index in [1.54, 1.807) is 0 Å². The Hall–Kier alpha value is -1.21. The highest BCUT2D eigenvalue weighted by Crippen LogP contribution is 2.19. The van der Waals surface area contributed by atoms with Crippen molar-refractivity contribution in [3.8, 4) is 5.88 Å². The second-order valence-corrected chi connectivity index (χ2v) is 5.87. The van der Waals surface area contributed by atoms with Crippen molar-refractivity contribution in [2.75, 3.05) is 13.4 Å². The summed E-state index contributed by atoms with van der Waals surface area (Å²) in [6, 6.07) is 0. The fraction of sp³-hybridized carbons (Fsp3) is 0.556. The normalized spacial score (nSPS) is 15.5. The number of nitrogens with zero attached hydrogens (tertiary/aromatic N) is 2. The Morgan fingerprint density at radius 2 is 2.00 bits per heavy atom. The lowest BCUT2D eigenvalue weighted by molar-refractivity contribution is 0.170. The molecule has 0 fully saturated rings. The van der Waals surface area contributed by atoms with Gasteiger partial charge in [-0.05, 0) is 6.92 Å². The van der Waals surface area contributed by atoms with Crippen molar-refractivity contribution in [3.05, 3.63) is 18.1 Å². The molecule has 0 saturated heterocycles. The van der Waals surface area contributed by atoms with Crippen molar-refractivity contribution >= 4 is 9.84 Å². The van der Waals surface area contributed by atoms with Crippen LogP contribution in [0.4, 0.5) is 0 Å². The topological polar surface area (TPSA) is 89.4 Å². The monoisotopic (exact) mass is 246 g/mol. The molecule has 1 heterocycles. The first kappa shape index (κ1) is 12.9. The molecule has 1 aromatic rings. The molecule has 1 N–H and O–H groups in total. The number of hydrogen-bond donors (Lipinski definition) is 1. The van der Waals surface area contributed by atoms with Crippen molar-refractivity contribution in [3.63, 3.8) is 0 Å². The van der Waals surface area contributed by atoms with Gasteiger partial charge in [-0.1, -0.05) is 0 Å². The van der Waals surface area contributed by atoms with Gasteiger partial charge >= 0.3 is 0 Å². The van der Waals surface area contributed by atoms with Crippen LogP contribution in [-0.2, 0) is 9.84 Å². The van der Waals surface area contributed by atoms with Gasteiger partial charge in [0.25, 0.3) is 0 Å². The van der Waals surface area contributed by atoms with Crippen molar-refractivity contribution < 1.29 is 18.3 Å². The molecular weight excluding hydrogens is 232 g/mol. The molecule has 90 valence electrons. The van der Waals surface area contributed by atoms with Crippen molar-refractivity contribution in [2.24, 2.45) is 0 Å². The van der Waals surface area contributed by atoms with Gasteiger partial charge in [-0.25, -0.2) is 13.4 Å². The Morgan fingerprint density at radius 3 is 2.38 bits per heavy atom. The van der Waals surface area contributed by atoms with E-state index in [0.717, 1.165) is 6.26 Å². The average molecular weight is 246 g/mol. The van der Waals surface area contributed by atoms with E-state index in [0.29, 0.717) is 5.88 Å². The van der Waals surface area contributed by atoms with Crippen molar-refractivity contribution in [2.45, 2.75) is 18.3 Å². The minimum absolute atomic E-state index is 0.207. The molecule has 0 amide bonds. The van der Waals surface area contributed by atoms with Crippen molar-refractivity contribution in [1.29, 1.82) is 0 Å². The molecule has 2 atom stereocenters. The summed E-state index contributed by atoms with van der Waals surface area (Å²) in [5.41, 5.74) is 0.207. The molecule has 0 aliphatic heterocycles. The summed E-state index contributed by atoms with van der Waals surface area (Å²) in [6.07, 6.45) is 2.50. The molecule has 0 aromatic carbocycles. The van der Waals surface area contributed by atoms with Crippen LogP contribution in [0.1, 0.15) is 18.7 Å². The molecule has 16 heavy (non-hydrogen) atoms. The lowest BCUT2D eigenvalue weighted by atomic mass is 10.2. The first-order valence-corrected chi connectivity index (χ1v) is 6.54. The smallest absolute Gasteiger partial charge is 0.231 e. The molecule has 1 aromatic heterocycles. The van der Waals surface area contributed by atoms with Gasteiger partial charge in [0.1, 0.15) is 6.10 Å². The number of ether oxygens (including phenoxy) is 1. The predicted molar refractivity (Wildman–Crippen MR) is 57.8 cm³/mol. The fourth-order valence-corrected chi connectivity index (χ4v) is 1.67. The third-order valence-corrected chi connectivity index (χ3v) is 3.89. The van der Waals surface area contributed by atoms with Crippen LogP contribution in [0.3, 0.4) is 0 Å². The second-order valence-electron chi connectivity index (χ2n) is 3.46. The standard InChI is InChI=1S/C9H14N2O4S/c1-6(16(3,13)14)9(12)7-4-11-8(15-2)5-10-7/h4-6,9,12H,1-3H3/t6-,9-/m1/s1. The third-order valence-electron chi connectivity index (χ3n) is 2.28. The molecule has 1 rings (SSSR count). The van der Waals surface area contributed by atoms with E-state index in [1.807, 2.05) is 0 Å². The van der Waals surface area contributed by atoms with E-state index in [-0.39, 0.29) is 5.69 Å². The first-order chi connectivity index (χ1) is 7.36. The highest BCUT2D eigenvalue weighted by atomic mass is 32.2. The molecule has 6 nitrogen and oxygen atoms in total. The zero-order valence-corrected chi connectivity index (χ0v) is 10.1. The Bertz CT molecular complexity index is 443. The van der Waals surface area contributed by atoms with E-state index < -0.39 is 21.2 Å². The first-order valence-electron chi connectivity index (χ1n) is 4.59. The second kappa shape index (κ2) is 4.75. The van der Waals surface area contributed by atoms with Gasteiger partial charge in [0.15, 0.2) is 9.84 Å². The van der Waals surface area contributed by atoms with Crippen LogP contribution in [0.5, 0.6) is 5.88 Å². The molecule has 0 aliphatic rings. The lowest BCUT2D eigenvalue weighted by Gasteiger charge is -2.16. The number of sulfone groups is 1. The van der Waals surface area contributed by atoms with Crippen LogP contribution in [-0.4, -0.2) is 42.1 Å². The SMILES string of the molecule is COc1cnc([C@H](O)[C@@H](C)S(C)(=O)=O)cn1. The largest absolute Gasteiger partial charge is 0.480 e. The number of aliphatic hydroxyl groups excluding tert-OH is 1. The predicted octanol–water partition coefficient (Wildman–Crippen LogP) is -0.0483. The van der Waals surface area contributed by atoms with Gasteiger partial charge in [0.2, 0.25) is 5.88 Å². The van der Waals surface area contributed by atoms with Gasteiger partial charge in [-0.15, -0.1) is 0 Å². The van der Waals surface area contributed by atoms with Crippen LogP contribution in [0.15, 0.2) is 12.4 Å². The van der Waals surface area contributed by atoms with Gasteiger partial charge in [-0.3, -0.25) is 4.98 Å². The Balaban J connectivity index is 2.92. The molecule has 7 heteroatoms. The highest BCUT2D eigenvalue weighted by molar-refractivity contribution is 7.91. The number of aliphatic hydroxyl groups is 1. The third kappa shape index (κ3) is 2.89. The summed E-state index contributed by atoms with van der Waals surface area (Å²) in [6.45, 7) is 1.42. The lowest BCUT2D eigenvalue weighted by Crippen LogP contribution is -2.25. The maximum absolute atomic E-state index is 11.2. The number of methoxy groups -OCH3 is 1. The summed E-state index contributed by atoms with van der Waals surface area (Å²) >= 11 is 0. The quantitative estimate of drug-likeness (QED) is 0.801. The van der Waals surface area contributed by atoms with Gasteiger partial charge < -0.3 is 9.84 Å². The maximum Gasteiger partial charge on any atom is 0.231 e. The minimum atomic E-state index is -3.31. The summed E-state index contributed by atoms with van der Waals surface area (Å²) < 4.78 is 27.3. The zero-order valence-electron chi connectivity index (χ0n) is 9.28. The molecule has 0 radical (unpaired) electrons. The molecule has 0 bridgehead atoms.